The number of allylic oxidation sites excluding steroid dienone is 1. The molecular weight excluding hydrogens is 265 g/mol. The highest BCUT2D eigenvalue weighted by atomic mass is 32.1. The molecule has 0 bridgehead atoms. The predicted octanol–water partition coefficient (Wildman–Crippen LogP) is 2.51. The molecule has 8 heteroatoms. The van der Waals surface area contributed by atoms with Gasteiger partial charge in [-0.05, 0) is 25.7 Å². The zero-order valence-electron chi connectivity index (χ0n) is 9.33. The number of thiol groups is 1. The summed E-state index contributed by atoms with van der Waals surface area (Å²) in [5.41, 5.74) is 4.03. The van der Waals surface area contributed by atoms with Gasteiger partial charge in [-0.25, -0.2) is 15.0 Å². The molecule has 0 radical (unpaired) electrons. The van der Waals surface area contributed by atoms with Gasteiger partial charge in [-0.1, -0.05) is 0 Å². The Morgan fingerprint density at radius 1 is 1.28 bits per heavy atom. The van der Waals surface area contributed by atoms with Crippen molar-refractivity contribution < 1.29 is 13.2 Å². The molecule has 2 aliphatic heterocycles. The van der Waals surface area contributed by atoms with Crippen molar-refractivity contribution in [2.24, 2.45) is 4.99 Å². The summed E-state index contributed by atoms with van der Waals surface area (Å²) in [6.45, 7) is 0. The van der Waals surface area contributed by atoms with Crippen LogP contribution in [-0.4, -0.2) is 22.0 Å². The van der Waals surface area contributed by atoms with E-state index in [0.29, 0.717) is 5.03 Å². The zero-order chi connectivity index (χ0) is 12.9. The molecule has 2 heterocycles. The summed E-state index contributed by atoms with van der Waals surface area (Å²) in [6.07, 6.45) is 0.121. The lowest BCUT2D eigenvalue weighted by molar-refractivity contribution is -0.250. The molecule has 0 aromatic rings. The van der Waals surface area contributed by atoms with Crippen molar-refractivity contribution in [1.82, 2.24) is 15.6 Å². The third-order valence-corrected chi connectivity index (χ3v) is 3.59. The van der Waals surface area contributed by atoms with Crippen LogP contribution in [0.3, 0.4) is 0 Å². The molecule has 4 nitrogen and oxygen atoms in total. The Hall–Kier alpha value is -1.15. The largest absolute Gasteiger partial charge is 0.500 e. The molecule has 0 aromatic heterocycles. The minimum atomic E-state index is -4.48. The van der Waals surface area contributed by atoms with Gasteiger partial charge in [0.05, 0.1) is 11.2 Å². The van der Waals surface area contributed by atoms with Crippen molar-refractivity contribution >= 4 is 18.3 Å². The van der Waals surface area contributed by atoms with E-state index in [2.05, 4.69) is 23.2 Å². The van der Waals surface area contributed by atoms with Gasteiger partial charge in [0.2, 0.25) is 0 Å². The lowest BCUT2D eigenvalue weighted by atomic mass is 9.92. The molecule has 3 aliphatic rings. The van der Waals surface area contributed by atoms with Crippen LogP contribution < -0.4 is 5.53 Å². The maximum atomic E-state index is 12.6. The van der Waals surface area contributed by atoms with Gasteiger partial charge >= 0.3 is 6.30 Å². The van der Waals surface area contributed by atoms with Gasteiger partial charge < -0.3 is 0 Å². The van der Waals surface area contributed by atoms with E-state index in [4.69, 9.17) is 0 Å². The molecule has 3 rings (SSSR count). The number of alkyl halides is 3. The van der Waals surface area contributed by atoms with Crippen LogP contribution in [0, 0.1) is 0 Å². The summed E-state index contributed by atoms with van der Waals surface area (Å²) < 4.78 is 37.8. The van der Waals surface area contributed by atoms with Crippen LogP contribution in [0.4, 0.5) is 13.2 Å². The predicted molar refractivity (Wildman–Crippen MR) is 62.9 cm³/mol. The van der Waals surface area contributed by atoms with E-state index in [-0.39, 0.29) is 10.8 Å². The molecule has 0 atom stereocenters. The van der Waals surface area contributed by atoms with Gasteiger partial charge in [0, 0.05) is 11.3 Å². The normalized spacial score (nSPS) is 23.8. The second kappa shape index (κ2) is 3.92. The number of nitrogens with zero attached hydrogens (tertiary/aromatic N) is 3. The summed E-state index contributed by atoms with van der Waals surface area (Å²) in [6, 6.07) is 0. The number of halogens is 3. The van der Waals surface area contributed by atoms with Gasteiger partial charge in [0.15, 0.2) is 5.82 Å². The Balaban J connectivity index is 1.96. The van der Waals surface area contributed by atoms with E-state index in [0.717, 1.165) is 43.2 Å². The average Bonchev–Trinajstić information content (AvgIpc) is 2.73. The van der Waals surface area contributed by atoms with Crippen molar-refractivity contribution in [3.63, 3.8) is 0 Å². The third kappa shape index (κ3) is 1.79. The molecule has 0 aromatic carbocycles. The van der Waals surface area contributed by atoms with E-state index in [9.17, 15) is 13.2 Å². The number of hydrazine groups is 2. The second-order valence-corrected chi connectivity index (χ2v) is 4.75. The summed E-state index contributed by atoms with van der Waals surface area (Å²) in [7, 11) is 0. The summed E-state index contributed by atoms with van der Waals surface area (Å²) in [4.78, 5) is 4.27. The quantitative estimate of drug-likeness (QED) is 0.526. The Kier molecular flexibility index (Phi) is 2.60. The number of rotatable bonds is 0. The van der Waals surface area contributed by atoms with Crippen molar-refractivity contribution in [2.45, 2.75) is 32.0 Å². The first-order valence-corrected chi connectivity index (χ1v) is 6.06. The van der Waals surface area contributed by atoms with Crippen LogP contribution in [0.1, 0.15) is 25.7 Å². The van der Waals surface area contributed by atoms with Gasteiger partial charge in [-0.15, -0.1) is 31.3 Å². The molecule has 98 valence electrons. The Morgan fingerprint density at radius 2 is 2.00 bits per heavy atom. The van der Waals surface area contributed by atoms with Crippen LogP contribution in [0.25, 0.3) is 0 Å². The Labute approximate surface area is 107 Å². The maximum Gasteiger partial charge on any atom is 0.500 e. The van der Waals surface area contributed by atoms with Gasteiger partial charge in [0.25, 0.3) is 0 Å². The first-order valence-electron chi connectivity index (χ1n) is 5.61. The standard InChI is InChI=1S/C10H11F3N4S/c11-10(12,13)16-5-8-14-7-4-2-1-3-6(7)9(18)17(8)15-16/h5,15,18H,1-4H2. The Morgan fingerprint density at radius 3 is 2.72 bits per heavy atom. The van der Waals surface area contributed by atoms with Crippen LogP contribution in [0.5, 0.6) is 0 Å². The molecule has 1 N–H and O–H groups in total. The topological polar surface area (TPSA) is 30.9 Å². The third-order valence-electron chi connectivity index (χ3n) is 3.12. The van der Waals surface area contributed by atoms with Gasteiger partial charge in [-0.3, -0.25) is 0 Å². The molecule has 1 aliphatic carbocycles. The average molecular weight is 276 g/mol. The summed E-state index contributed by atoms with van der Waals surface area (Å²) in [5, 5.41) is 1.86. The molecule has 18 heavy (non-hydrogen) atoms. The number of nitrogens with one attached hydrogen (secondary N) is 1. The van der Waals surface area contributed by atoms with Crippen LogP contribution in [0.2, 0.25) is 0 Å². The van der Waals surface area contributed by atoms with Crippen molar-refractivity contribution in [3.8, 4) is 0 Å². The minimum absolute atomic E-state index is 0.0838. The van der Waals surface area contributed by atoms with E-state index >= 15 is 0 Å². The lowest BCUT2D eigenvalue weighted by Gasteiger charge is -2.31. The number of hydrogen-bond acceptors (Lipinski definition) is 5. The number of aliphatic imine (C=N–C) groups is 1. The molecule has 0 spiro atoms. The molecular formula is C10H11F3N4S. The molecule has 0 amide bonds. The Bertz CT molecular complexity index is 480. The fourth-order valence-corrected chi connectivity index (χ4v) is 2.64. The van der Waals surface area contributed by atoms with E-state index in [1.807, 2.05) is 0 Å². The number of hydrogen-bond donors (Lipinski definition) is 2. The van der Waals surface area contributed by atoms with Crippen LogP contribution in [0.15, 0.2) is 27.6 Å². The smallest absolute Gasteiger partial charge is 0.233 e. The van der Waals surface area contributed by atoms with E-state index in [1.165, 1.54) is 5.01 Å². The van der Waals surface area contributed by atoms with Gasteiger partial charge in [0.1, 0.15) is 0 Å². The monoisotopic (exact) mass is 276 g/mol. The lowest BCUT2D eigenvalue weighted by Crippen LogP contribution is -2.47. The summed E-state index contributed by atoms with van der Waals surface area (Å²) >= 11 is 4.32. The highest BCUT2D eigenvalue weighted by Crippen LogP contribution is 2.37. The van der Waals surface area contributed by atoms with Crippen molar-refractivity contribution in [1.29, 1.82) is 0 Å². The van der Waals surface area contributed by atoms with Gasteiger partial charge in [-0.2, -0.15) is 0 Å². The zero-order valence-corrected chi connectivity index (χ0v) is 10.2. The van der Waals surface area contributed by atoms with Crippen LogP contribution in [-0.2, 0) is 0 Å². The number of fused-ring (bicyclic) bond motifs is 2. The first kappa shape index (κ1) is 11.9. The van der Waals surface area contributed by atoms with Crippen molar-refractivity contribution in [3.05, 3.63) is 22.6 Å². The highest BCUT2D eigenvalue weighted by molar-refractivity contribution is 7.84. The SMILES string of the molecule is FC(F)(F)N1C=C2N=C3CCCCC3=C(S)N2N1. The van der Waals surface area contributed by atoms with Crippen LogP contribution >= 0.6 is 12.6 Å². The fourth-order valence-electron chi connectivity index (χ4n) is 2.25. The molecule has 1 saturated carbocycles. The first-order chi connectivity index (χ1) is 8.47. The van der Waals surface area contributed by atoms with E-state index < -0.39 is 6.30 Å². The molecule has 0 saturated heterocycles. The minimum Gasteiger partial charge on any atom is -0.233 e. The highest BCUT2D eigenvalue weighted by Gasteiger charge is 2.43. The second-order valence-electron chi connectivity index (χ2n) is 4.33. The van der Waals surface area contributed by atoms with Crippen molar-refractivity contribution in [2.75, 3.05) is 0 Å². The fraction of sp³-hybridized carbons (Fsp3) is 0.500. The maximum absolute atomic E-state index is 12.6. The molecule has 0 unspecified atom stereocenters. The van der Waals surface area contributed by atoms with E-state index in [1.54, 1.807) is 0 Å². The molecule has 1 fully saturated rings. The summed E-state index contributed by atoms with van der Waals surface area (Å²) in [5.74, 6) is 0.234.